The normalized spacial score (nSPS) is 12.4. The van der Waals surface area contributed by atoms with Crippen molar-refractivity contribution in [3.63, 3.8) is 0 Å². The molecule has 0 rings (SSSR count). The van der Waals surface area contributed by atoms with Crippen molar-refractivity contribution in [2.75, 3.05) is 13.2 Å². The molecule has 0 aromatic carbocycles. The molecule has 0 saturated carbocycles. The summed E-state index contributed by atoms with van der Waals surface area (Å²) in [6.07, 6.45) is 45.5. The molecule has 0 fully saturated rings. The molecule has 0 N–H and O–H groups in total. The van der Waals surface area contributed by atoms with Gasteiger partial charge in [0.15, 0.2) is 6.10 Å². The van der Waals surface area contributed by atoms with Gasteiger partial charge in [-0.25, -0.2) is 0 Å². The highest BCUT2D eigenvalue weighted by Gasteiger charge is 2.19. The first-order valence-corrected chi connectivity index (χ1v) is 24.9. The summed E-state index contributed by atoms with van der Waals surface area (Å²) < 4.78 is 16.7. The molecule has 56 heavy (non-hydrogen) atoms. The fraction of sp³-hybridized carbons (Fsp3) is 0.940. The molecule has 0 aliphatic heterocycles. The molecule has 6 heteroatoms. The van der Waals surface area contributed by atoms with Gasteiger partial charge in [0, 0.05) is 19.3 Å². The number of esters is 3. The number of ether oxygens (including phenoxy) is 3. The average Bonchev–Trinajstić information content (AvgIpc) is 3.19. The highest BCUT2D eigenvalue weighted by Crippen LogP contribution is 2.17. The Balaban J connectivity index is 4.11. The molecule has 0 spiro atoms. The molecule has 0 aromatic heterocycles. The van der Waals surface area contributed by atoms with Crippen molar-refractivity contribution >= 4 is 17.9 Å². The molecule has 0 radical (unpaired) electrons. The lowest BCUT2D eigenvalue weighted by molar-refractivity contribution is -0.167. The summed E-state index contributed by atoms with van der Waals surface area (Å²) in [5.41, 5.74) is 0. The smallest absolute Gasteiger partial charge is 0.306 e. The van der Waals surface area contributed by atoms with Gasteiger partial charge in [-0.2, -0.15) is 0 Å². The fourth-order valence-corrected chi connectivity index (χ4v) is 7.48. The Morgan fingerprint density at radius 1 is 0.357 bits per heavy atom. The predicted octanol–water partition coefficient (Wildman–Crippen LogP) is 15.9. The first-order chi connectivity index (χ1) is 27.4. The van der Waals surface area contributed by atoms with Crippen molar-refractivity contribution < 1.29 is 28.6 Å². The standard InChI is InChI=1S/C50H96O6/c1-5-8-10-12-13-14-15-16-17-18-19-20-21-22-23-27-30-34-38-42-49(52)55-45-47(44-54-48(51)41-37-32-11-9-6-2)56-50(53)43-39-35-31-28-25-24-26-29-33-36-40-46(4)7-3/h46-47H,5-45H2,1-4H3/t46?,47-/m0/s1. The first kappa shape index (κ1) is 54.4. The third-order valence-electron chi connectivity index (χ3n) is 11.7. The number of carbonyl (C=O) groups excluding carboxylic acids is 3. The Morgan fingerprint density at radius 3 is 0.929 bits per heavy atom. The average molecular weight is 793 g/mol. The van der Waals surface area contributed by atoms with E-state index in [2.05, 4.69) is 27.7 Å². The van der Waals surface area contributed by atoms with Crippen LogP contribution in [0.3, 0.4) is 0 Å². The van der Waals surface area contributed by atoms with E-state index in [9.17, 15) is 14.4 Å². The molecule has 6 nitrogen and oxygen atoms in total. The van der Waals surface area contributed by atoms with E-state index >= 15 is 0 Å². The van der Waals surface area contributed by atoms with Crippen molar-refractivity contribution in [2.24, 2.45) is 5.92 Å². The van der Waals surface area contributed by atoms with Crippen LogP contribution in [-0.4, -0.2) is 37.2 Å². The van der Waals surface area contributed by atoms with Crippen LogP contribution in [0.2, 0.25) is 0 Å². The summed E-state index contributed by atoms with van der Waals surface area (Å²) in [4.78, 5) is 37.6. The second-order valence-electron chi connectivity index (χ2n) is 17.3. The zero-order valence-corrected chi connectivity index (χ0v) is 38.1. The fourth-order valence-electron chi connectivity index (χ4n) is 7.48. The molecular weight excluding hydrogens is 697 g/mol. The molecule has 0 aliphatic carbocycles. The lowest BCUT2D eigenvalue weighted by Gasteiger charge is -2.18. The van der Waals surface area contributed by atoms with Crippen LogP contribution < -0.4 is 0 Å². The summed E-state index contributed by atoms with van der Waals surface area (Å²) >= 11 is 0. The summed E-state index contributed by atoms with van der Waals surface area (Å²) in [6.45, 7) is 8.96. The van der Waals surface area contributed by atoms with Gasteiger partial charge in [-0.1, -0.05) is 240 Å². The van der Waals surface area contributed by atoms with E-state index < -0.39 is 6.10 Å². The monoisotopic (exact) mass is 793 g/mol. The van der Waals surface area contributed by atoms with E-state index in [1.165, 1.54) is 167 Å². The third kappa shape index (κ3) is 42.0. The lowest BCUT2D eigenvalue weighted by atomic mass is 9.99. The molecular formula is C50H96O6. The summed E-state index contributed by atoms with van der Waals surface area (Å²) in [5, 5.41) is 0. The van der Waals surface area contributed by atoms with Crippen molar-refractivity contribution in [1.29, 1.82) is 0 Å². The minimum absolute atomic E-state index is 0.0644. The third-order valence-corrected chi connectivity index (χ3v) is 11.7. The largest absolute Gasteiger partial charge is 0.462 e. The van der Waals surface area contributed by atoms with Crippen molar-refractivity contribution in [1.82, 2.24) is 0 Å². The Bertz CT molecular complexity index is 843. The van der Waals surface area contributed by atoms with Crippen LogP contribution in [0.25, 0.3) is 0 Å². The van der Waals surface area contributed by atoms with Crippen LogP contribution >= 0.6 is 0 Å². The molecule has 0 aromatic rings. The molecule has 0 aliphatic rings. The van der Waals surface area contributed by atoms with Gasteiger partial charge in [0.25, 0.3) is 0 Å². The van der Waals surface area contributed by atoms with E-state index in [1.807, 2.05) is 0 Å². The summed E-state index contributed by atoms with van der Waals surface area (Å²) in [6, 6.07) is 0. The Hall–Kier alpha value is -1.59. The maximum absolute atomic E-state index is 12.7. The Kier molecular flexibility index (Phi) is 43.2. The van der Waals surface area contributed by atoms with Gasteiger partial charge in [0.2, 0.25) is 0 Å². The maximum atomic E-state index is 12.7. The lowest BCUT2D eigenvalue weighted by Crippen LogP contribution is -2.30. The topological polar surface area (TPSA) is 78.9 Å². The number of unbranched alkanes of at least 4 members (excludes halogenated alkanes) is 31. The number of hydrogen-bond acceptors (Lipinski definition) is 6. The van der Waals surface area contributed by atoms with Gasteiger partial charge in [-0.3, -0.25) is 14.4 Å². The van der Waals surface area contributed by atoms with Gasteiger partial charge >= 0.3 is 17.9 Å². The minimum atomic E-state index is -0.759. The van der Waals surface area contributed by atoms with Gasteiger partial charge in [0.1, 0.15) is 13.2 Å². The first-order valence-electron chi connectivity index (χ1n) is 24.9. The van der Waals surface area contributed by atoms with Crippen LogP contribution in [-0.2, 0) is 28.6 Å². The highest BCUT2D eigenvalue weighted by atomic mass is 16.6. The van der Waals surface area contributed by atoms with Gasteiger partial charge < -0.3 is 14.2 Å². The zero-order valence-electron chi connectivity index (χ0n) is 38.1. The van der Waals surface area contributed by atoms with E-state index in [1.54, 1.807) is 0 Å². The van der Waals surface area contributed by atoms with Gasteiger partial charge in [-0.05, 0) is 25.2 Å². The minimum Gasteiger partial charge on any atom is -0.462 e. The van der Waals surface area contributed by atoms with Crippen LogP contribution in [0.5, 0.6) is 0 Å². The molecule has 332 valence electrons. The van der Waals surface area contributed by atoms with E-state index in [0.717, 1.165) is 70.1 Å². The zero-order chi connectivity index (χ0) is 41.0. The summed E-state index contributed by atoms with van der Waals surface area (Å²) in [7, 11) is 0. The molecule has 2 atom stereocenters. The van der Waals surface area contributed by atoms with Crippen LogP contribution in [0.4, 0.5) is 0 Å². The molecule has 0 saturated heterocycles. The number of rotatable bonds is 45. The highest BCUT2D eigenvalue weighted by molar-refractivity contribution is 5.71. The van der Waals surface area contributed by atoms with Crippen molar-refractivity contribution in [3.8, 4) is 0 Å². The maximum Gasteiger partial charge on any atom is 0.306 e. The molecule has 0 bridgehead atoms. The van der Waals surface area contributed by atoms with Crippen LogP contribution in [0.15, 0.2) is 0 Å². The molecule has 0 amide bonds. The number of carbonyl (C=O) groups is 3. The Morgan fingerprint density at radius 2 is 0.625 bits per heavy atom. The second-order valence-corrected chi connectivity index (χ2v) is 17.3. The van der Waals surface area contributed by atoms with Crippen LogP contribution in [0.1, 0.15) is 278 Å². The van der Waals surface area contributed by atoms with E-state index in [4.69, 9.17) is 14.2 Å². The van der Waals surface area contributed by atoms with Crippen LogP contribution in [0, 0.1) is 5.92 Å². The van der Waals surface area contributed by atoms with Gasteiger partial charge in [0.05, 0.1) is 0 Å². The predicted molar refractivity (Wildman–Crippen MR) is 238 cm³/mol. The van der Waals surface area contributed by atoms with E-state index in [0.29, 0.717) is 19.3 Å². The quantitative estimate of drug-likeness (QED) is 0.0347. The van der Waals surface area contributed by atoms with E-state index in [-0.39, 0.29) is 31.1 Å². The van der Waals surface area contributed by atoms with Crippen molar-refractivity contribution in [3.05, 3.63) is 0 Å². The molecule has 0 heterocycles. The Labute approximate surface area is 348 Å². The summed E-state index contributed by atoms with van der Waals surface area (Å²) in [5.74, 6) is 0.00410. The number of hydrogen-bond donors (Lipinski definition) is 0. The SMILES string of the molecule is CCCCCCCCCCCCCCCCCCCCCC(=O)OC[C@H](COC(=O)CCCCCCC)OC(=O)CCCCCCCCCCCCC(C)CC. The van der Waals surface area contributed by atoms with Crippen molar-refractivity contribution in [2.45, 2.75) is 284 Å². The second kappa shape index (κ2) is 44.5. The molecule has 1 unspecified atom stereocenters. The van der Waals surface area contributed by atoms with Gasteiger partial charge in [-0.15, -0.1) is 0 Å².